The fourth-order valence-electron chi connectivity index (χ4n) is 3.93. The number of aromatic nitrogens is 3. The summed E-state index contributed by atoms with van der Waals surface area (Å²) in [5, 5.41) is 18.5. The molecule has 0 spiro atoms. The maximum Gasteiger partial charge on any atom is 0.292 e. The Bertz CT molecular complexity index is 1590. The van der Waals surface area contributed by atoms with Crippen molar-refractivity contribution in [2.75, 3.05) is 12.4 Å². The zero-order valence-electron chi connectivity index (χ0n) is 18.2. The van der Waals surface area contributed by atoms with Crippen molar-refractivity contribution >= 4 is 33.6 Å². The molecule has 0 aliphatic carbocycles. The number of fused-ring (bicyclic) bond motifs is 2. The van der Waals surface area contributed by atoms with Gasteiger partial charge in [0.15, 0.2) is 17.4 Å². The summed E-state index contributed by atoms with van der Waals surface area (Å²) in [7, 11) is 1.58. The molecule has 0 aliphatic rings. The molecule has 0 saturated carbocycles. The Kier molecular flexibility index (Phi) is 4.79. The number of amides is 1. The molecule has 5 rings (SSSR count). The van der Waals surface area contributed by atoms with Crippen LogP contribution in [0.5, 0.6) is 5.75 Å². The molecule has 0 radical (unpaired) electrons. The average molecular weight is 437 g/mol. The lowest BCUT2D eigenvalue weighted by molar-refractivity contribution is 0.0997. The minimum absolute atomic E-state index is 0.178. The SMILES string of the molecule is COc1cccc2c(C)cc(-n3ncc(C#N)c3NC(=O)c3oc4ccccc4c3C)nc12. The van der Waals surface area contributed by atoms with Crippen LogP contribution in [0.3, 0.4) is 0 Å². The first-order chi connectivity index (χ1) is 16.0. The first-order valence-corrected chi connectivity index (χ1v) is 10.2. The van der Waals surface area contributed by atoms with E-state index >= 15 is 0 Å². The number of hydrogen-bond donors (Lipinski definition) is 1. The number of para-hydroxylation sites is 2. The normalized spacial score (nSPS) is 11.0. The van der Waals surface area contributed by atoms with Crippen LogP contribution >= 0.6 is 0 Å². The number of rotatable bonds is 4. The number of benzene rings is 2. The van der Waals surface area contributed by atoms with E-state index in [1.54, 1.807) is 13.2 Å². The maximum absolute atomic E-state index is 13.1. The largest absolute Gasteiger partial charge is 0.494 e. The van der Waals surface area contributed by atoms with Crippen LogP contribution in [-0.2, 0) is 0 Å². The molecule has 33 heavy (non-hydrogen) atoms. The maximum atomic E-state index is 13.1. The third-order valence-corrected chi connectivity index (χ3v) is 5.60. The number of hydrogen-bond acceptors (Lipinski definition) is 6. The molecule has 1 N–H and O–H groups in total. The predicted molar refractivity (Wildman–Crippen MR) is 124 cm³/mol. The quantitative estimate of drug-likeness (QED) is 0.428. The molecule has 0 unspecified atom stereocenters. The van der Waals surface area contributed by atoms with Gasteiger partial charge in [0.05, 0.1) is 13.3 Å². The molecule has 0 saturated heterocycles. The summed E-state index contributed by atoms with van der Waals surface area (Å²) in [6.45, 7) is 3.78. The van der Waals surface area contributed by atoms with Crippen molar-refractivity contribution < 1.29 is 13.9 Å². The lowest BCUT2D eigenvalue weighted by Crippen LogP contribution is -2.17. The number of pyridine rings is 1. The second-order valence-electron chi connectivity index (χ2n) is 7.59. The highest BCUT2D eigenvalue weighted by molar-refractivity contribution is 6.06. The number of carbonyl (C=O) groups is 1. The molecular weight excluding hydrogens is 418 g/mol. The van der Waals surface area contributed by atoms with E-state index in [2.05, 4.69) is 16.5 Å². The molecule has 0 bridgehead atoms. The Morgan fingerprint density at radius 2 is 1.94 bits per heavy atom. The number of anilines is 1. The first-order valence-electron chi connectivity index (χ1n) is 10.2. The summed E-state index contributed by atoms with van der Waals surface area (Å²) >= 11 is 0. The van der Waals surface area contributed by atoms with Gasteiger partial charge in [0.25, 0.3) is 5.91 Å². The van der Waals surface area contributed by atoms with Crippen molar-refractivity contribution in [3.05, 3.63) is 77.2 Å². The molecule has 162 valence electrons. The van der Waals surface area contributed by atoms with Crippen LogP contribution in [0.25, 0.3) is 27.7 Å². The van der Waals surface area contributed by atoms with E-state index in [0.717, 1.165) is 21.9 Å². The number of carbonyl (C=O) groups excluding carboxylic acids is 1. The monoisotopic (exact) mass is 437 g/mol. The van der Waals surface area contributed by atoms with E-state index < -0.39 is 5.91 Å². The Balaban J connectivity index is 1.61. The summed E-state index contributed by atoms with van der Waals surface area (Å²) in [4.78, 5) is 17.8. The Morgan fingerprint density at radius 1 is 1.15 bits per heavy atom. The van der Waals surface area contributed by atoms with Gasteiger partial charge >= 0.3 is 0 Å². The van der Waals surface area contributed by atoms with Crippen LogP contribution in [0.15, 0.2) is 59.1 Å². The van der Waals surface area contributed by atoms with E-state index in [1.165, 1.54) is 10.9 Å². The number of nitrogens with one attached hydrogen (secondary N) is 1. The van der Waals surface area contributed by atoms with Crippen molar-refractivity contribution in [1.82, 2.24) is 14.8 Å². The molecule has 2 aromatic carbocycles. The molecule has 3 aromatic heterocycles. The lowest BCUT2D eigenvalue weighted by atomic mass is 10.1. The predicted octanol–water partition coefficient (Wildman–Crippen LogP) is 4.92. The van der Waals surface area contributed by atoms with Gasteiger partial charge in [-0.3, -0.25) is 4.79 Å². The van der Waals surface area contributed by atoms with E-state index in [-0.39, 0.29) is 17.1 Å². The smallest absolute Gasteiger partial charge is 0.292 e. The van der Waals surface area contributed by atoms with Gasteiger partial charge in [0.2, 0.25) is 0 Å². The van der Waals surface area contributed by atoms with Gasteiger partial charge in [-0.1, -0.05) is 30.3 Å². The van der Waals surface area contributed by atoms with E-state index in [0.29, 0.717) is 22.7 Å². The summed E-state index contributed by atoms with van der Waals surface area (Å²) in [5.74, 6) is 0.980. The number of aryl methyl sites for hydroxylation is 2. The number of furan rings is 1. The topological polar surface area (TPSA) is 106 Å². The van der Waals surface area contributed by atoms with Gasteiger partial charge in [-0.15, -0.1) is 0 Å². The number of nitrogens with zero attached hydrogens (tertiary/aromatic N) is 4. The van der Waals surface area contributed by atoms with Gasteiger partial charge in [-0.25, -0.2) is 4.98 Å². The number of methoxy groups -OCH3 is 1. The minimum atomic E-state index is -0.475. The van der Waals surface area contributed by atoms with Crippen molar-refractivity contribution in [2.24, 2.45) is 0 Å². The second-order valence-corrected chi connectivity index (χ2v) is 7.59. The highest BCUT2D eigenvalue weighted by Gasteiger charge is 2.22. The Labute approximate surface area is 189 Å². The number of ether oxygens (including phenoxy) is 1. The van der Waals surface area contributed by atoms with Crippen LogP contribution in [0.4, 0.5) is 5.82 Å². The van der Waals surface area contributed by atoms with Gasteiger partial charge < -0.3 is 14.5 Å². The molecule has 3 heterocycles. The fourth-order valence-corrected chi connectivity index (χ4v) is 3.93. The van der Waals surface area contributed by atoms with E-state index in [1.807, 2.05) is 56.3 Å². The standard InChI is InChI=1S/C25H19N5O3/c1-14-11-21(28-22-17(14)8-6-10-20(22)32-3)30-24(16(12-26)13-27-30)29-25(31)23-15(2)18-7-4-5-9-19(18)33-23/h4-11,13H,1-3H3,(H,29,31). The first kappa shape index (κ1) is 20.3. The second kappa shape index (κ2) is 7.80. The summed E-state index contributed by atoms with van der Waals surface area (Å²) in [6.07, 6.45) is 1.39. The molecule has 0 atom stereocenters. The lowest BCUT2D eigenvalue weighted by Gasteiger charge is -2.12. The van der Waals surface area contributed by atoms with Crippen molar-refractivity contribution in [3.8, 4) is 17.6 Å². The third-order valence-electron chi connectivity index (χ3n) is 5.60. The molecule has 0 aliphatic heterocycles. The Morgan fingerprint density at radius 3 is 2.70 bits per heavy atom. The summed E-state index contributed by atoms with van der Waals surface area (Å²) in [6, 6.07) is 17.0. The molecular formula is C25H19N5O3. The van der Waals surface area contributed by atoms with Crippen LogP contribution in [0, 0.1) is 25.2 Å². The fraction of sp³-hybridized carbons (Fsp3) is 0.120. The van der Waals surface area contributed by atoms with Crippen molar-refractivity contribution in [3.63, 3.8) is 0 Å². The number of nitriles is 1. The van der Waals surface area contributed by atoms with Crippen molar-refractivity contribution in [2.45, 2.75) is 13.8 Å². The highest BCUT2D eigenvalue weighted by atomic mass is 16.5. The Hall–Kier alpha value is -4.64. The van der Waals surface area contributed by atoms with E-state index in [4.69, 9.17) is 14.1 Å². The van der Waals surface area contributed by atoms with Crippen LogP contribution in [0.2, 0.25) is 0 Å². The molecule has 8 nitrogen and oxygen atoms in total. The van der Waals surface area contributed by atoms with Crippen molar-refractivity contribution in [1.29, 1.82) is 5.26 Å². The van der Waals surface area contributed by atoms with Gasteiger partial charge in [-0.05, 0) is 37.6 Å². The molecule has 5 aromatic rings. The minimum Gasteiger partial charge on any atom is -0.494 e. The van der Waals surface area contributed by atoms with E-state index in [9.17, 15) is 10.1 Å². The zero-order valence-corrected chi connectivity index (χ0v) is 18.2. The van der Waals surface area contributed by atoms with Crippen LogP contribution < -0.4 is 10.1 Å². The third kappa shape index (κ3) is 3.27. The summed E-state index contributed by atoms with van der Waals surface area (Å²) in [5.41, 5.74) is 3.16. The summed E-state index contributed by atoms with van der Waals surface area (Å²) < 4.78 is 12.7. The highest BCUT2D eigenvalue weighted by Crippen LogP contribution is 2.30. The van der Waals surface area contributed by atoms with Crippen LogP contribution in [-0.4, -0.2) is 27.8 Å². The van der Waals surface area contributed by atoms with Crippen LogP contribution in [0.1, 0.15) is 27.2 Å². The average Bonchev–Trinajstić information content (AvgIpc) is 3.39. The molecule has 8 heteroatoms. The molecule has 1 amide bonds. The zero-order chi connectivity index (χ0) is 23.1. The van der Waals surface area contributed by atoms with Gasteiger partial charge in [0, 0.05) is 16.3 Å². The van der Waals surface area contributed by atoms with Gasteiger partial charge in [0.1, 0.15) is 28.5 Å². The van der Waals surface area contributed by atoms with Gasteiger partial charge in [-0.2, -0.15) is 15.0 Å². The molecule has 0 fully saturated rings.